The molecule has 0 radical (unpaired) electrons. The van der Waals surface area contributed by atoms with Crippen LogP contribution in [0.5, 0.6) is 0 Å². The minimum absolute atomic E-state index is 0.443. The lowest BCUT2D eigenvalue weighted by atomic mass is 9.89. The summed E-state index contributed by atoms with van der Waals surface area (Å²) in [6.07, 6.45) is 1.93. The van der Waals surface area contributed by atoms with Gasteiger partial charge in [-0.25, -0.2) is 4.57 Å². The van der Waals surface area contributed by atoms with Crippen molar-refractivity contribution in [2.45, 2.75) is 46.5 Å². The summed E-state index contributed by atoms with van der Waals surface area (Å²) in [5, 5.41) is 2.45. The highest BCUT2D eigenvalue weighted by molar-refractivity contribution is 6.12. The minimum atomic E-state index is 0.443. The summed E-state index contributed by atoms with van der Waals surface area (Å²) in [5.74, 6) is 0.932. The normalized spacial score (nSPS) is 12.4. The molecule has 0 aliphatic heterocycles. The summed E-state index contributed by atoms with van der Waals surface area (Å²) >= 11 is 0. The van der Waals surface area contributed by atoms with Crippen LogP contribution in [-0.4, -0.2) is 9.38 Å². The third-order valence-corrected chi connectivity index (χ3v) is 6.33. The molecular formula is C26H28N3+. The van der Waals surface area contributed by atoms with Crippen molar-refractivity contribution in [3.63, 3.8) is 0 Å². The van der Waals surface area contributed by atoms with Crippen LogP contribution in [0.15, 0.2) is 48.7 Å². The first-order valence-electron chi connectivity index (χ1n) is 10.5. The predicted octanol–water partition coefficient (Wildman–Crippen LogP) is 6.17. The zero-order chi connectivity index (χ0) is 20.4. The molecule has 0 saturated heterocycles. The maximum absolute atomic E-state index is 4.81. The Morgan fingerprint density at radius 2 is 1.69 bits per heavy atom. The second kappa shape index (κ2) is 6.28. The van der Waals surface area contributed by atoms with Gasteiger partial charge in [-0.1, -0.05) is 45.9 Å². The molecule has 0 saturated carbocycles. The Labute approximate surface area is 171 Å². The van der Waals surface area contributed by atoms with E-state index in [1.54, 1.807) is 0 Å². The Balaban J connectivity index is 2.21. The number of aryl methyl sites for hydroxylation is 2. The smallest absolute Gasteiger partial charge is 0.255 e. The summed E-state index contributed by atoms with van der Waals surface area (Å²) in [6, 6.07) is 15.4. The Kier molecular flexibility index (Phi) is 3.92. The lowest BCUT2D eigenvalue weighted by Crippen LogP contribution is -2.27. The van der Waals surface area contributed by atoms with E-state index in [9.17, 15) is 0 Å². The van der Waals surface area contributed by atoms with E-state index in [4.69, 9.17) is 4.98 Å². The van der Waals surface area contributed by atoms with Gasteiger partial charge in [-0.15, -0.1) is 0 Å². The minimum Gasteiger partial charge on any atom is -0.255 e. The first-order valence-corrected chi connectivity index (χ1v) is 10.5. The van der Waals surface area contributed by atoms with Crippen molar-refractivity contribution < 1.29 is 4.57 Å². The van der Waals surface area contributed by atoms with Crippen LogP contribution in [-0.2, 0) is 7.05 Å². The molecule has 2 aromatic carbocycles. The molecule has 0 atom stereocenters. The molecule has 3 nitrogen and oxygen atoms in total. The van der Waals surface area contributed by atoms with E-state index >= 15 is 0 Å². The molecule has 0 aliphatic rings. The number of hydrogen-bond acceptors (Lipinski definition) is 1. The van der Waals surface area contributed by atoms with Crippen LogP contribution < -0.4 is 4.57 Å². The predicted molar refractivity (Wildman–Crippen MR) is 122 cm³/mol. The first kappa shape index (κ1) is 18.1. The van der Waals surface area contributed by atoms with Crippen molar-refractivity contribution >= 4 is 38.5 Å². The fourth-order valence-electron chi connectivity index (χ4n) is 5.03. The Morgan fingerprint density at radius 3 is 2.41 bits per heavy atom. The van der Waals surface area contributed by atoms with Gasteiger partial charge in [0, 0.05) is 17.1 Å². The summed E-state index contributed by atoms with van der Waals surface area (Å²) in [5.41, 5.74) is 10.3. The maximum Gasteiger partial charge on any atom is 0.297 e. The van der Waals surface area contributed by atoms with Gasteiger partial charge in [0.15, 0.2) is 11.0 Å². The molecule has 0 fully saturated rings. The number of hydrogen-bond donors (Lipinski definition) is 0. The van der Waals surface area contributed by atoms with Gasteiger partial charge >= 0.3 is 0 Å². The topological polar surface area (TPSA) is 21.2 Å². The van der Waals surface area contributed by atoms with E-state index in [1.807, 2.05) is 6.20 Å². The molecule has 3 heteroatoms. The number of imidazole rings is 1. The molecule has 0 amide bonds. The van der Waals surface area contributed by atoms with Crippen molar-refractivity contribution in [1.82, 2.24) is 9.38 Å². The van der Waals surface area contributed by atoms with Gasteiger partial charge in [0.25, 0.3) is 5.65 Å². The molecule has 29 heavy (non-hydrogen) atoms. The number of rotatable bonds is 2. The number of benzene rings is 2. The molecule has 146 valence electrons. The molecule has 0 spiro atoms. The van der Waals surface area contributed by atoms with Gasteiger partial charge in [-0.3, -0.25) is 4.98 Å². The third-order valence-electron chi connectivity index (χ3n) is 6.33. The zero-order valence-corrected chi connectivity index (χ0v) is 18.1. The first-order chi connectivity index (χ1) is 13.9. The van der Waals surface area contributed by atoms with E-state index in [0.29, 0.717) is 11.8 Å². The van der Waals surface area contributed by atoms with Gasteiger partial charge in [-0.2, -0.15) is 4.40 Å². The SMILES string of the molecule is Cc1ccnc2c3ccccc3n3c4c(C(C)C)c(C(C)C)ccc4[n+](C)c3c12. The Hall–Kier alpha value is -2.94. The zero-order valence-electron chi connectivity index (χ0n) is 18.1. The van der Waals surface area contributed by atoms with Crippen molar-refractivity contribution in [1.29, 1.82) is 0 Å². The van der Waals surface area contributed by atoms with Crippen LogP contribution in [0.3, 0.4) is 0 Å². The van der Waals surface area contributed by atoms with Gasteiger partial charge in [-0.05, 0) is 54.2 Å². The molecule has 3 heterocycles. The van der Waals surface area contributed by atoms with Gasteiger partial charge in [0.05, 0.1) is 18.0 Å². The van der Waals surface area contributed by atoms with E-state index in [-0.39, 0.29) is 0 Å². The van der Waals surface area contributed by atoms with E-state index < -0.39 is 0 Å². The summed E-state index contributed by atoms with van der Waals surface area (Å²) < 4.78 is 4.84. The number of nitrogens with zero attached hydrogens (tertiary/aromatic N) is 3. The van der Waals surface area contributed by atoms with E-state index in [2.05, 4.69) is 93.1 Å². The van der Waals surface area contributed by atoms with Crippen LogP contribution in [0.2, 0.25) is 0 Å². The van der Waals surface area contributed by atoms with Crippen LogP contribution in [0, 0.1) is 6.92 Å². The number of fused-ring (bicyclic) bond motifs is 8. The Bertz CT molecular complexity index is 1420. The quantitative estimate of drug-likeness (QED) is 0.264. The van der Waals surface area contributed by atoms with Crippen molar-refractivity contribution in [3.8, 4) is 0 Å². The van der Waals surface area contributed by atoms with Crippen LogP contribution in [0.25, 0.3) is 38.5 Å². The van der Waals surface area contributed by atoms with Gasteiger partial charge in [0.1, 0.15) is 5.52 Å². The van der Waals surface area contributed by atoms with Crippen LogP contribution in [0.1, 0.15) is 56.2 Å². The highest BCUT2D eigenvalue weighted by atomic mass is 15.1. The summed E-state index contributed by atoms with van der Waals surface area (Å²) in [4.78, 5) is 4.81. The highest BCUT2D eigenvalue weighted by Crippen LogP contribution is 2.37. The summed E-state index contributed by atoms with van der Waals surface area (Å²) in [6.45, 7) is 11.4. The summed E-state index contributed by atoms with van der Waals surface area (Å²) in [7, 11) is 2.19. The van der Waals surface area contributed by atoms with E-state index in [1.165, 1.54) is 49.7 Å². The second-order valence-electron chi connectivity index (χ2n) is 8.83. The lowest BCUT2D eigenvalue weighted by molar-refractivity contribution is -0.617. The largest absolute Gasteiger partial charge is 0.297 e. The number of pyridine rings is 2. The lowest BCUT2D eigenvalue weighted by Gasteiger charge is -2.15. The molecule has 0 unspecified atom stereocenters. The fourth-order valence-corrected chi connectivity index (χ4v) is 5.03. The molecule has 0 N–H and O–H groups in total. The van der Waals surface area contributed by atoms with Crippen molar-refractivity contribution in [3.05, 3.63) is 65.4 Å². The molecular weight excluding hydrogens is 354 g/mol. The second-order valence-corrected chi connectivity index (χ2v) is 8.83. The molecule has 0 aliphatic carbocycles. The molecule has 3 aromatic heterocycles. The monoisotopic (exact) mass is 382 g/mol. The average molecular weight is 383 g/mol. The molecule has 5 rings (SSSR count). The van der Waals surface area contributed by atoms with E-state index in [0.717, 1.165) is 5.52 Å². The molecule has 5 aromatic rings. The Morgan fingerprint density at radius 1 is 0.931 bits per heavy atom. The van der Waals surface area contributed by atoms with Crippen LogP contribution >= 0.6 is 0 Å². The molecule has 0 bridgehead atoms. The third kappa shape index (κ3) is 2.37. The van der Waals surface area contributed by atoms with Crippen molar-refractivity contribution in [2.24, 2.45) is 7.05 Å². The van der Waals surface area contributed by atoms with Gasteiger partial charge in [0.2, 0.25) is 0 Å². The maximum atomic E-state index is 4.81. The van der Waals surface area contributed by atoms with Crippen LogP contribution in [0.4, 0.5) is 0 Å². The highest BCUT2D eigenvalue weighted by Gasteiger charge is 2.29. The average Bonchev–Trinajstić information content (AvgIpc) is 3.00. The van der Waals surface area contributed by atoms with Gasteiger partial charge < -0.3 is 0 Å². The number of aromatic nitrogens is 3. The number of para-hydroxylation sites is 1. The fraction of sp³-hybridized carbons (Fsp3) is 0.308. The van der Waals surface area contributed by atoms with Crippen molar-refractivity contribution in [2.75, 3.05) is 0 Å². The standard InChI is InChI=1S/C26H28N3/c1-15(2)18-11-12-21-25(22(18)16(3)4)29-20-10-8-7-9-19(20)24-23(26(29)28(21)6)17(5)13-14-27-24/h7-16H,1-6H3/q+1.